The molecule has 0 saturated heterocycles. The summed E-state index contributed by atoms with van der Waals surface area (Å²) in [5, 5.41) is 0. The third-order valence-corrected chi connectivity index (χ3v) is 3.79. The summed E-state index contributed by atoms with van der Waals surface area (Å²) in [6.07, 6.45) is 0. The lowest BCUT2D eigenvalue weighted by Crippen LogP contribution is -1.67. The van der Waals surface area contributed by atoms with Crippen molar-refractivity contribution in [2.45, 2.75) is 32.6 Å². The van der Waals surface area contributed by atoms with Gasteiger partial charge in [-0.2, -0.15) is 0 Å². The Bertz CT molecular complexity index is 428. The highest BCUT2D eigenvalue weighted by molar-refractivity contribution is 7.80. The van der Waals surface area contributed by atoms with Gasteiger partial charge in [-0.25, -0.2) is 0 Å². The minimum Gasteiger partial charge on any atom is -0.143 e. The van der Waals surface area contributed by atoms with Gasteiger partial charge in [0.15, 0.2) is 0 Å². The lowest BCUT2D eigenvalue weighted by Gasteiger charge is -1.89. The van der Waals surface area contributed by atoms with Gasteiger partial charge in [-0.3, -0.25) is 0 Å². The lowest BCUT2D eigenvalue weighted by atomic mass is 10.2. The lowest BCUT2D eigenvalue weighted by molar-refractivity contribution is 1.37. The molecule has 0 amide bonds. The topological polar surface area (TPSA) is 0 Å². The smallest absolute Gasteiger partial charge is 0.0973 e. The van der Waals surface area contributed by atoms with Crippen molar-refractivity contribution in [2.75, 3.05) is 0 Å². The van der Waals surface area contributed by atoms with E-state index in [1.807, 2.05) is 45.0 Å². The number of thiophene rings is 1. The Hall–Kier alpha value is -0.150. The highest BCUT2D eigenvalue weighted by atomic mass is 35.5. The van der Waals surface area contributed by atoms with Crippen LogP contribution in [0.5, 0.6) is 0 Å². The van der Waals surface area contributed by atoms with Crippen molar-refractivity contribution in [1.29, 1.82) is 0 Å². The van der Waals surface area contributed by atoms with Crippen LogP contribution in [0.4, 0.5) is 0 Å². The maximum Gasteiger partial charge on any atom is 0.0973 e. The molecule has 0 spiro atoms. The zero-order valence-corrected chi connectivity index (χ0v) is 14.2. The standard InChI is InChI=1S/C7H8S.C5H4Cl2S.C2H6/c1-6-3-2-4-7(8)5-6;1-3-2-4(6)8-5(3)7;1-2/h2-5,8H,1H3;2H,1H3;1-2H3. The van der Waals surface area contributed by atoms with Crippen LogP contribution in [-0.2, 0) is 0 Å². The fraction of sp³-hybridized carbons (Fsp3) is 0.286. The zero-order chi connectivity index (χ0) is 14.1. The Morgan fingerprint density at radius 2 is 1.67 bits per heavy atom. The Kier molecular flexibility index (Phi) is 9.66. The summed E-state index contributed by atoms with van der Waals surface area (Å²) in [7, 11) is 0. The molecule has 18 heavy (non-hydrogen) atoms. The van der Waals surface area contributed by atoms with E-state index in [9.17, 15) is 0 Å². The molecule has 0 bridgehead atoms. The van der Waals surface area contributed by atoms with Crippen LogP contribution in [0.3, 0.4) is 0 Å². The summed E-state index contributed by atoms with van der Waals surface area (Å²) in [5.74, 6) is 0. The molecule has 0 radical (unpaired) electrons. The number of thiol groups is 1. The molecule has 0 aliphatic carbocycles. The molecule has 0 aliphatic heterocycles. The SMILES string of the molecule is CC.Cc1cc(Cl)sc1Cl.Cc1cccc(S)c1. The minimum absolute atomic E-state index is 0.757. The fourth-order valence-corrected chi connectivity index (χ4v) is 2.78. The first kappa shape index (κ1) is 17.8. The number of aryl methyl sites for hydroxylation is 2. The van der Waals surface area contributed by atoms with Crippen LogP contribution in [0.25, 0.3) is 0 Å². The number of hydrogen-bond donors (Lipinski definition) is 1. The Balaban J connectivity index is 0.000000283. The Morgan fingerprint density at radius 1 is 1.06 bits per heavy atom. The van der Waals surface area contributed by atoms with Crippen molar-refractivity contribution in [1.82, 2.24) is 0 Å². The van der Waals surface area contributed by atoms with E-state index in [1.165, 1.54) is 16.9 Å². The number of hydrogen-bond acceptors (Lipinski definition) is 2. The van der Waals surface area contributed by atoms with Gasteiger partial charge in [0.25, 0.3) is 0 Å². The van der Waals surface area contributed by atoms with E-state index >= 15 is 0 Å². The molecule has 0 fully saturated rings. The van der Waals surface area contributed by atoms with Crippen LogP contribution >= 0.6 is 47.2 Å². The van der Waals surface area contributed by atoms with E-state index in [0.717, 1.165) is 19.1 Å². The van der Waals surface area contributed by atoms with E-state index in [4.69, 9.17) is 23.2 Å². The molecular weight excluding hydrogens is 303 g/mol. The molecule has 0 atom stereocenters. The quantitative estimate of drug-likeness (QED) is 0.514. The van der Waals surface area contributed by atoms with Crippen LogP contribution in [0, 0.1) is 13.8 Å². The van der Waals surface area contributed by atoms with Gasteiger partial charge in [0.05, 0.1) is 8.67 Å². The van der Waals surface area contributed by atoms with Gasteiger partial charge in [0.2, 0.25) is 0 Å². The molecule has 4 heteroatoms. The third-order valence-electron chi connectivity index (χ3n) is 1.83. The van der Waals surface area contributed by atoms with Crippen molar-refractivity contribution in [2.24, 2.45) is 0 Å². The van der Waals surface area contributed by atoms with Crippen molar-refractivity contribution < 1.29 is 0 Å². The second-order valence-electron chi connectivity index (χ2n) is 3.35. The monoisotopic (exact) mass is 320 g/mol. The Labute approximate surface area is 129 Å². The summed E-state index contributed by atoms with van der Waals surface area (Å²) in [5.41, 5.74) is 2.32. The zero-order valence-electron chi connectivity index (χ0n) is 11.0. The van der Waals surface area contributed by atoms with Gasteiger partial charge >= 0.3 is 0 Å². The predicted octanol–water partition coefficient (Wildman–Crippen LogP) is 6.67. The average Bonchev–Trinajstić information content (AvgIpc) is 2.59. The molecule has 100 valence electrons. The molecule has 1 aromatic carbocycles. The summed E-state index contributed by atoms with van der Waals surface area (Å²) < 4.78 is 1.54. The molecule has 0 N–H and O–H groups in total. The van der Waals surface area contributed by atoms with Gasteiger partial charge in [-0.1, -0.05) is 54.7 Å². The number of benzene rings is 1. The highest BCUT2D eigenvalue weighted by Crippen LogP contribution is 2.29. The molecule has 0 aliphatic rings. The first-order chi connectivity index (χ1) is 8.49. The van der Waals surface area contributed by atoms with Gasteiger partial charge < -0.3 is 0 Å². The highest BCUT2D eigenvalue weighted by Gasteiger charge is 1.97. The summed E-state index contributed by atoms with van der Waals surface area (Å²) in [6.45, 7) is 7.99. The molecule has 1 heterocycles. The molecule has 0 unspecified atom stereocenters. The fourth-order valence-electron chi connectivity index (χ4n) is 1.05. The van der Waals surface area contributed by atoms with Crippen LogP contribution in [0.15, 0.2) is 35.2 Å². The normalized spacial score (nSPS) is 8.83. The molecular formula is C14H18Cl2S2. The maximum absolute atomic E-state index is 5.66. The van der Waals surface area contributed by atoms with Crippen molar-refractivity contribution in [3.05, 3.63) is 50.1 Å². The molecule has 0 saturated carbocycles. The van der Waals surface area contributed by atoms with Crippen molar-refractivity contribution in [3.63, 3.8) is 0 Å². The molecule has 2 rings (SSSR count). The summed E-state index contributed by atoms with van der Waals surface area (Å²) in [4.78, 5) is 1.03. The van der Waals surface area contributed by atoms with E-state index in [1.54, 1.807) is 0 Å². The Morgan fingerprint density at radius 3 is 1.89 bits per heavy atom. The second kappa shape index (κ2) is 9.74. The average molecular weight is 321 g/mol. The summed E-state index contributed by atoms with van der Waals surface area (Å²) in [6, 6.07) is 9.91. The van der Waals surface area contributed by atoms with Gasteiger partial charge in [0.1, 0.15) is 0 Å². The van der Waals surface area contributed by atoms with Crippen molar-refractivity contribution >= 4 is 47.2 Å². The summed E-state index contributed by atoms with van der Waals surface area (Å²) >= 11 is 16.8. The number of halogens is 2. The third kappa shape index (κ3) is 7.32. The predicted molar refractivity (Wildman–Crippen MR) is 88.9 cm³/mol. The van der Waals surface area contributed by atoms with E-state index in [2.05, 4.69) is 25.6 Å². The first-order valence-electron chi connectivity index (χ1n) is 5.66. The van der Waals surface area contributed by atoms with Crippen LogP contribution in [-0.4, -0.2) is 0 Å². The van der Waals surface area contributed by atoms with Gasteiger partial charge in [-0.15, -0.1) is 24.0 Å². The van der Waals surface area contributed by atoms with Crippen molar-refractivity contribution in [3.8, 4) is 0 Å². The van der Waals surface area contributed by atoms with Gasteiger partial charge in [0, 0.05) is 4.90 Å². The molecule has 0 nitrogen and oxygen atoms in total. The minimum atomic E-state index is 0.757. The second-order valence-corrected chi connectivity index (χ2v) is 6.15. The molecule has 2 aromatic rings. The van der Waals surface area contributed by atoms with Crippen LogP contribution < -0.4 is 0 Å². The number of rotatable bonds is 0. The molecule has 1 aromatic heterocycles. The van der Waals surface area contributed by atoms with Crippen LogP contribution in [0.2, 0.25) is 8.67 Å². The van der Waals surface area contributed by atoms with E-state index < -0.39 is 0 Å². The van der Waals surface area contributed by atoms with E-state index in [0.29, 0.717) is 0 Å². The van der Waals surface area contributed by atoms with E-state index in [-0.39, 0.29) is 0 Å². The van der Waals surface area contributed by atoms with Crippen LogP contribution in [0.1, 0.15) is 25.0 Å². The van der Waals surface area contributed by atoms with Gasteiger partial charge in [-0.05, 0) is 37.6 Å². The first-order valence-corrected chi connectivity index (χ1v) is 7.68. The maximum atomic E-state index is 5.66. The largest absolute Gasteiger partial charge is 0.143 e.